The van der Waals surface area contributed by atoms with Crippen molar-refractivity contribution in [3.63, 3.8) is 0 Å². The van der Waals surface area contributed by atoms with E-state index in [1.54, 1.807) is 11.3 Å². The number of hydrogen-bond donors (Lipinski definition) is 1. The number of rotatable bonds is 7. The van der Waals surface area contributed by atoms with Gasteiger partial charge in [0.25, 0.3) is 0 Å². The van der Waals surface area contributed by atoms with E-state index in [2.05, 4.69) is 4.98 Å². The molecule has 4 nitrogen and oxygen atoms in total. The van der Waals surface area contributed by atoms with E-state index in [0.717, 1.165) is 28.6 Å². The van der Waals surface area contributed by atoms with Crippen LogP contribution in [0.1, 0.15) is 31.5 Å². The van der Waals surface area contributed by atoms with Crippen molar-refractivity contribution in [2.24, 2.45) is 5.73 Å². The summed E-state index contributed by atoms with van der Waals surface area (Å²) in [6.45, 7) is 7.16. The molecule has 0 amide bonds. The molecular weight excluding hydrogens is 284 g/mol. The number of benzene rings is 1. The summed E-state index contributed by atoms with van der Waals surface area (Å²) >= 11 is 1.63. The van der Waals surface area contributed by atoms with Crippen LogP contribution in [0.5, 0.6) is 11.5 Å². The van der Waals surface area contributed by atoms with E-state index in [4.69, 9.17) is 15.2 Å². The van der Waals surface area contributed by atoms with Crippen molar-refractivity contribution in [3.8, 4) is 11.5 Å². The lowest BCUT2D eigenvalue weighted by Crippen LogP contribution is -2.29. The maximum absolute atomic E-state index is 6.03. The average Bonchev–Trinajstić information content (AvgIpc) is 2.90. The van der Waals surface area contributed by atoms with Crippen LogP contribution in [-0.4, -0.2) is 18.2 Å². The van der Waals surface area contributed by atoms with Gasteiger partial charge in [0, 0.05) is 11.8 Å². The molecule has 0 saturated carbocycles. The molecule has 0 aliphatic heterocycles. The minimum Gasteiger partial charge on any atom is -0.494 e. The Balaban J connectivity index is 1.82. The van der Waals surface area contributed by atoms with Crippen LogP contribution < -0.4 is 15.2 Å². The fourth-order valence-electron chi connectivity index (χ4n) is 1.78. The third kappa shape index (κ3) is 4.72. The smallest absolute Gasteiger partial charge is 0.119 e. The molecule has 0 atom stereocenters. The van der Waals surface area contributed by atoms with Crippen LogP contribution in [0.4, 0.5) is 0 Å². The van der Waals surface area contributed by atoms with Gasteiger partial charge in [-0.25, -0.2) is 4.98 Å². The van der Waals surface area contributed by atoms with Gasteiger partial charge in [-0.05, 0) is 45.0 Å². The molecular formula is C16H22N2O2S. The summed E-state index contributed by atoms with van der Waals surface area (Å²) in [5.74, 6) is 1.70. The second-order valence-corrected chi connectivity index (χ2v) is 6.29. The summed E-state index contributed by atoms with van der Waals surface area (Å²) in [6.07, 6.45) is 0.786. The average molecular weight is 306 g/mol. The molecule has 1 aromatic heterocycles. The topological polar surface area (TPSA) is 57.4 Å². The Morgan fingerprint density at radius 1 is 1.14 bits per heavy atom. The van der Waals surface area contributed by atoms with Crippen LogP contribution in [0.3, 0.4) is 0 Å². The summed E-state index contributed by atoms with van der Waals surface area (Å²) < 4.78 is 11.1. The van der Waals surface area contributed by atoms with E-state index in [-0.39, 0.29) is 5.54 Å². The maximum atomic E-state index is 6.03. The molecule has 2 aromatic rings. The van der Waals surface area contributed by atoms with Crippen molar-refractivity contribution < 1.29 is 9.47 Å². The largest absolute Gasteiger partial charge is 0.494 e. The Morgan fingerprint density at radius 2 is 1.76 bits per heavy atom. The number of hydrogen-bond acceptors (Lipinski definition) is 5. The van der Waals surface area contributed by atoms with Gasteiger partial charge in [0.15, 0.2) is 0 Å². The minimum atomic E-state index is -0.384. The van der Waals surface area contributed by atoms with Gasteiger partial charge in [0.1, 0.15) is 11.5 Å². The Kier molecular flexibility index (Phi) is 5.20. The van der Waals surface area contributed by atoms with E-state index in [9.17, 15) is 0 Å². The first kappa shape index (κ1) is 15.8. The molecule has 5 heteroatoms. The zero-order valence-electron chi connectivity index (χ0n) is 12.8. The number of ether oxygens (including phenoxy) is 2. The molecule has 0 aliphatic rings. The zero-order chi connectivity index (χ0) is 15.3. The molecule has 0 bridgehead atoms. The van der Waals surface area contributed by atoms with Gasteiger partial charge in [0.2, 0.25) is 0 Å². The fourth-order valence-corrected chi connectivity index (χ4v) is 2.73. The van der Waals surface area contributed by atoms with Crippen molar-refractivity contribution in [2.45, 2.75) is 32.7 Å². The summed E-state index contributed by atoms with van der Waals surface area (Å²) in [7, 11) is 0. The first-order valence-electron chi connectivity index (χ1n) is 7.08. The zero-order valence-corrected chi connectivity index (χ0v) is 13.6. The lowest BCUT2D eigenvalue weighted by Gasteiger charge is -2.14. The molecule has 114 valence electrons. The highest BCUT2D eigenvalue weighted by molar-refractivity contribution is 7.09. The van der Waals surface area contributed by atoms with Gasteiger partial charge in [-0.3, -0.25) is 0 Å². The number of nitrogens with two attached hydrogens (primary N) is 1. The third-order valence-electron chi connectivity index (χ3n) is 2.93. The fraction of sp³-hybridized carbons (Fsp3) is 0.438. The van der Waals surface area contributed by atoms with Gasteiger partial charge in [0.05, 0.1) is 29.5 Å². The third-order valence-corrected chi connectivity index (χ3v) is 3.84. The highest BCUT2D eigenvalue weighted by atomic mass is 32.1. The summed E-state index contributed by atoms with van der Waals surface area (Å²) in [6, 6.07) is 7.66. The molecule has 21 heavy (non-hydrogen) atoms. The summed E-state index contributed by atoms with van der Waals surface area (Å²) in [4.78, 5) is 4.54. The second kappa shape index (κ2) is 6.91. The molecule has 0 aliphatic carbocycles. The molecule has 2 N–H and O–H groups in total. The predicted molar refractivity (Wildman–Crippen MR) is 86.1 cm³/mol. The molecule has 0 radical (unpaired) electrons. The normalized spacial score (nSPS) is 11.4. The van der Waals surface area contributed by atoms with Crippen LogP contribution in [0, 0.1) is 0 Å². The molecule has 1 aromatic carbocycles. The first-order chi connectivity index (χ1) is 9.99. The second-order valence-electron chi connectivity index (χ2n) is 5.35. The standard InChI is InChI=1S/C16H22N2O2S/c1-4-19-12-5-7-13(8-6-12)20-10-9-15-18-14(11-21-15)16(2,3)17/h5-8,11H,4,9-10,17H2,1-3H3. The lowest BCUT2D eigenvalue weighted by atomic mass is 10.0. The monoisotopic (exact) mass is 306 g/mol. The van der Waals surface area contributed by atoms with Crippen LogP contribution in [0.2, 0.25) is 0 Å². The van der Waals surface area contributed by atoms with Crippen molar-refractivity contribution in [2.75, 3.05) is 13.2 Å². The van der Waals surface area contributed by atoms with Crippen LogP contribution in [-0.2, 0) is 12.0 Å². The van der Waals surface area contributed by atoms with Crippen LogP contribution >= 0.6 is 11.3 Å². The first-order valence-corrected chi connectivity index (χ1v) is 7.96. The van der Waals surface area contributed by atoms with Crippen LogP contribution in [0.15, 0.2) is 29.6 Å². The molecule has 2 rings (SSSR count). The highest BCUT2D eigenvalue weighted by Crippen LogP contribution is 2.21. The Hall–Kier alpha value is -1.59. The van der Waals surface area contributed by atoms with E-state index >= 15 is 0 Å². The Labute approximate surface area is 129 Å². The van der Waals surface area contributed by atoms with E-state index in [1.807, 2.05) is 50.4 Å². The number of aromatic nitrogens is 1. The summed E-state index contributed by atoms with van der Waals surface area (Å²) in [5.41, 5.74) is 6.58. The van der Waals surface area contributed by atoms with E-state index in [1.165, 1.54) is 0 Å². The minimum absolute atomic E-state index is 0.384. The molecule has 0 fully saturated rings. The Bertz CT molecular complexity index is 558. The number of nitrogens with zero attached hydrogens (tertiary/aromatic N) is 1. The van der Waals surface area contributed by atoms with Crippen molar-refractivity contribution in [1.29, 1.82) is 0 Å². The molecule has 1 heterocycles. The molecule has 0 spiro atoms. The van der Waals surface area contributed by atoms with Gasteiger partial charge in [-0.1, -0.05) is 0 Å². The quantitative estimate of drug-likeness (QED) is 0.852. The summed E-state index contributed by atoms with van der Waals surface area (Å²) in [5, 5.41) is 3.07. The SMILES string of the molecule is CCOc1ccc(OCCc2nc(C(C)(C)N)cs2)cc1. The van der Waals surface area contributed by atoms with Crippen LogP contribution in [0.25, 0.3) is 0 Å². The van der Waals surface area contributed by atoms with Gasteiger partial charge in [-0.15, -0.1) is 11.3 Å². The maximum Gasteiger partial charge on any atom is 0.119 e. The van der Waals surface area contributed by atoms with Crippen molar-refractivity contribution in [3.05, 3.63) is 40.3 Å². The lowest BCUT2D eigenvalue weighted by molar-refractivity contribution is 0.317. The predicted octanol–water partition coefficient (Wildman–Crippen LogP) is 3.36. The van der Waals surface area contributed by atoms with Gasteiger partial charge < -0.3 is 15.2 Å². The Morgan fingerprint density at radius 3 is 2.29 bits per heavy atom. The van der Waals surface area contributed by atoms with Gasteiger partial charge in [-0.2, -0.15) is 0 Å². The van der Waals surface area contributed by atoms with Crippen molar-refractivity contribution >= 4 is 11.3 Å². The van der Waals surface area contributed by atoms with Gasteiger partial charge >= 0.3 is 0 Å². The van der Waals surface area contributed by atoms with Crippen molar-refractivity contribution in [1.82, 2.24) is 4.98 Å². The van der Waals surface area contributed by atoms with E-state index < -0.39 is 0 Å². The molecule has 0 saturated heterocycles. The number of thiazole rings is 1. The molecule has 0 unspecified atom stereocenters. The van der Waals surface area contributed by atoms with E-state index in [0.29, 0.717) is 13.2 Å². The highest BCUT2D eigenvalue weighted by Gasteiger charge is 2.17.